The van der Waals surface area contributed by atoms with Crippen LogP contribution in [-0.2, 0) is 4.79 Å². The smallest absolute Gasteiger partial charge is 0.326 e. The number of urea groups is 1. The summed E-state index contributed by atoms with van der Waals surface area (Å²) in [7, 11) is 0. The molecular formula is C19H15ClN6O3. The van der Waals surface area contributed by atoms with E-state index in [9.17, 15) is 9.59 Å². The molecule has 2 aliphatic rings. The van der Waals surface area contributed by atoms with Gasteiger partial charge in [-0.15, -0.1) is 5.10 Å². The maximum absolute atomic E-state index is 11.8. The van der Waals surface area contributed by atoms with Crippen LogP contribution in [0.5, 0.6) is 11.6 Å². The van der Waals surface area contributed by atoms with Crippen LogP contribution >= 0.6 is 11.6 Å². The van der Waals surface area contributed by atoms with E-state index in [1.807, 2.05) is 0 Å². The number of carbonyl (C=O) groups is 2. The van der Waals surface area contributed by atoms with Gasteiger partial charge in [0.1, 0.15) is 11.4 Å². The first-order valence-corrected chi connectivity index (χ1v) is 9.36. The molecule has 1 aromatic carbocycles. The highest BCUT2D eigenvalue weighted by molar-refractivity contribution is 6.30. The largest absolute Gasteiger partial charge is 0.437 e. The lowest BCUT2D eigenvalue weighted by atomic mass is 10.3. The zero-order valence-electron chi connectivity index (χ0n) is 15.0. The van der Waals surface area contributed by atoms with Crippen LogP contribution in [0.4, 0.5) is 10.5 Å². The molecule has 0 bridgehead atoms. The van der Waals surface area contributed by atoms with Gasteiger partial charge in [0.2, 0.25) is 5.88 Å². The number of fused-ring (bicyclic) bond motifs is 1. The van der Waals surface area contributed by atoms with Gasteiger partial charge in [-0.2, -0.15) is 0 Å². The first-order valence-electron chi connectivity index (χ1n) is 8.98. The number of benzene rings is 1. The number of ether oxygens (including phenoxy) is 1. The Kier molecular flexibility index (Phi) is 4.09. The van der Waals surface area contributed by atoms with Crippen LogP contribution < -0.4 is 20.7 Å². The maximum Gasteiger partial charge on any atom is 0.326 e. The number of halogens is 1. The van der Waals surface area contributed by atoms with Crippen molar-refractivity contribution >= 4 is 40.9 Å². The van der Waals surface area contributed by atoms with Crippen molar-refractivity contribution in [1.82, 2.24) is 25.2 Å². The van der Waals surface area contributed by atoms with E-state index in [4.69, 9.17) is 16.3 Å². The number of hydrogen-bond donors (Lipinski definition) is 3. The molecule has 10 heteroatoms. The van der Waals surface area contributed by atoms with Gasteiger partial charge in [-0.1, -0.05) is 17.7 Å². The van der Waals surface area contributed by atoms with E-state index in [-0.39, 0.29) is 5.70 Å². The van der Waals surface area contributed by atoms with E-state index in [0.29, 0.717) is 34.0 Å². The summed E-state index contributed by atoms with van der Waals surface area (Å²) in [5.74, 6) is 0.372. The zero-order chi connectivity index (χ0) is 20.0. The maximum atomic E-state index is 11.8. The Morgan fingerprint density at radius 2 is 2.10 bits per heavy atom. The number of nitrogens with zero attached hydrogens (tertiary/aromatic N) is 3. The molecule has 0 atom stereocenters. The normalized spacial score (nSPS) is 17.5. The highest BCUT2D eigenvalue weighted by atomic mass is 35.5. The van der Waals surface area contributed by atoms with Gasteiger partial charge in [-0.3, -0.25) is 10.1 Å². The monoisotopic (exact) mass is 410 g/mol. The summed E-state index contributed by atoms with van der Waals surface area (Å²) in [5.41, 5.74) is 2.00. The van der Waals surface area contributed by atoms with Crippen molar-refractivity contribution < 1.29 is 14.3 Å². The van der Waals surface area contributed by atoms with Crippen LogP contribution in [0.25, 0.3) is 11.7 Å². The summed E-state index contributed by atoms with van der Waals surface area (Å²) in [4.78, 5) is 27.6. The van der Waals surface area contributed by atoms with Gasteiger partial charge in [0, 0.05) is 17.1 Å². The molecule has 146 valence electrons. The highest BCUT2D eigenvalue weighted by Gasteiger charge is 2.25. The van der Waals surface area contributed by atoms with Crippen molar-refractivity contribution in [2.75, 3.05) is 5.32 Å². The lowest BCUT2D eigenvalue weighted by Gasteiger charge is -2.11. The molecule has 2 fully saturated rings. The molecular weight excluding hydrogens is 396 g/mol. The van der Waals surface area contributed by atoms with Gasteiger partial charge in [-0.05, 0) is 37.1 Å². The number of amides is 3. The lowest BCUT2D eigenvalue weighted by Crippen LogP contribution is -2.22. The van der Waals surface area contributed by atoms with Gasteiger partial charge in [0.05, 0.1) is 17.6 Å². The summed E-state index contributed by atoms with van der Waals surface area (Å²) < 4.78 is 7.45. The van der Waals surface area contributed by atoms with Crippen LogP contribution in [-0.4, -0.2) is 32.6 Å². The second-order valence-corrected chi connectivity index (χ2v) is 7.20. The highest BCUT2D eigenvalue weighted by Crippen LogP contribution is 2.31. The Labute approximate surface area is 169 Å². The summed E-state index contributed by atoms with van der Waals surface area (Å²) >= 11 is 6.03. The minimum Gasteiger partial charge on any atom is -0.437 e. The van der Waals surface area contributed by atoms with E-state index < -0.39 is 11.9 Å². The average molecular weight is 411 g/mol. The Hall–Kier alpha value is -3.59. The van der Waals surface area contributed by atoms with Crippen LogP contribution in [0.2, 0.25) is 5.02 Å². The molecule has 1 saturated heterocycles. The average Bonchev–Trinajstić information content (AvgIpc) is 3.31. The second kappa shape index (κ2) is 6.78. The Bertz CT molecular complexity index is 1180. The number of hydrogen-bond acceptors (Lipinski definition) is 6. The molecule has 0 unspecified atom stereocenters. The Balaban J connectivity index is 1.57. The van der Waals surface area contributed by atoms with Gasteiger partial charge < -0.3 is 15.4 Å². The van der Waals surface area contributed by atoms with E-state index in [0.717, 1.165) is 18.5 Å². The molecule has 3 N–H and O–H groups in total. The Morgan fingerprint density at radius 3 is 2.83 bits per heavy atom. The van der Waals surface area contributed by atoms with Crippen molar-refractivity contribution in [3.05, 3.63) is 52.9 Å². The fraction of sp³-hybridized carbons (Fsp3) is 0.158. The van der Waals surface area contributed by atoms with Gasteiger partial charge >= 0.3 is 6.03 Å². The van der Waals surface area contributed by atoms with E-state index in [1.54, 1.807) is 41.0 Å². The molecule has 0 spiro atoms. The van der Waals surface area contributed by atoms with Crippen molar-refractivity contribution in [2.45, 2.75) is 18.9 Å². The number of carbonyl (C=O) groups excluding carboxylic acids is 2. The van der Waals surface area contributed by atoms with Gasteiger partial charge in [-0.25, -0.2) is 14.3 Å². The van der Waals surface area contributed by atoms with Crippen LogP contribution in [0.3, 0.4) is 0 Å². The summed E-state index contributed by atoms with van der Waals surface area (Å²) in [6, 6.07) is 8.61. The van der Waals surface area contributed by atoms with Crippen LogP contribution in [0.1, 0.15) is 18.5 Å². The Morgan fingerprint density at radius 1 is 1.24 bits per heavy atom. The fourth-order valence-corrected chi connectivity index (χ4v) is 3.13. The molecule has 9 nitrogen and oxygen atoms in total. The van der Waals surface area contributed by atoms with Gasteiger partial charge in [0.25, 0.3) is 5.91 Å². The second-order valence-electron chi connectivity index (χ2n) is 6.76. The molecule has 3 amide bonds. The number of aromatic nitrogens is 3. The summed E-state index contributed by atoms with van der Waals surface area (Å²) in [6.45, 7) is 0. The molecule has 29 heavy (non-hydrogen) atoms. The molecule has 2 aromatic heterocycles. The quantitative estimate of drug-likeness (QED) is 0.440. The minimum atomic E-state index is -0.566. The topological polar surface area (TPSA) is 110 Å². The van der Waals surface area contributed by atoms with Crippen molar-refractivity contribution in [1.29, 1.82) is 0 Å². The predicted molar refractivity (Wildman–Crippen MR) is 106 cm³/mol. The SMILES string of the molecule is O=C1NC(=O)/C(=C/c2cnc3c(NC4CC4)cc(Oc4cccc(Cl)c4)nn23)N1. The van der Waals surface area contributed by atoms with Crippen molar-refractivity contribution in [3.63, 3.8) is 0 Å². The molecule has 1 aliphatic heterocycles. The molecule has 3 heterocycles. The first kappa shape index (κ1) is 17.5. The minimum absolute atomic E-state index is 0.122. The first-order chi connectivity index (χ1) is 14.0. The molecule has 1 saturated carbocycles. The third-order valence-corrected chi connectivity index (χ3v) is 4.67. The van der Waals surface area contributed by atoms with Crippen molar-refractivity contribution in [2.24, 2.45) is 0 Å². The number of anilines is 1. The lowest BCUT2D eigenvalue weighted by molar-refractivity contribution is -0.115. The summed E-state index contributed by atoms with van der Waals surface area (Å²) in [5, 5.41) is 13.1. The number of imide groups is 1. The number of nitrogens with one attached hydrogen (secondary N) is 3. The van der Waals surface area contributed by atoms with Gasteiger partial charge in [0.15, 0.2) is 5.65 Å². The standard InChI is InChI=1S/C19H15ClN6O3/c20-10-2-1-3-13(6-10)29-16-8-14(22-11-4-5-11)17-21-9-12(26(17)25-16)7-15-18(27)24-19(28)23-15/h1-3,6-9,11,22H,4-5H2,(H2,23,24,27,28)/b15-7-. The van der Waals surface area contributed by atoms with E-state index in [2.05, 4.69) is 26.0 Å². The third kappa shape index (κ3) is 3.59. The molecule has 3 aromatic rings. The summed E-state index contributed by atoms with van der Waals surface area (Å²) in [6.07, 6.45) is 5.26. The molecule has 0 radical (unpaired) electrons. The fourth-order valence-electron chi connectivity index (χ4n) is 2.95. The van der Waals surface area contributed by atoms with Crippen LogP contribution in [0.15, 0.2) is 42.2 Å². The van der Waals surface area contributed by atoms with Crippen LogP contribution in [0, 0.1) is 0 Å². The van der Waals surface area contributed by atoms with E-state index in [1.165, 1.54) is 6.08 Å². The molecule has 5 rings (SSSR count). The predicted octanol–water partition coefficient (Wildman–Crippen LogP) is 2.93. The zero-order valence-corrected chi connectivity index (χ0v) is 15.7. The van der Waals surface area contributed by atoms with E-state index >= 15 is 0 Å². The molecule has 1 aliphatic carbocycles. The number of imidazole rings is 1. The third-order valence-electron chi connectivity index (χ3n) is 4.44. The van der Waals surface area contributed by atoms with Crippen molar-refractivity contribution in [3.8, 4) is 11.6 Å². The number of rotatable bonds is 5.